The summed E-state index contributed by atoms with van der Waals surface area (Å²) >= 11 is 11.7. The van der Waals surface area contributed by atoms with E-state index in [2.05, 4.69) is 4.74 Å². The van der Waals surface area contributed by atoms with Crippen molar-refractivity contribution in [2.75, 3.05) is 7.11 Å². The van der Waals surface area contributed by atoms with E-state index >= 15 is 0 Å². The van der Waals surface area contributed by atoms with Gasteiger partial charge in [0.2, 0.25) is 0 Å². The Labute approximate surface area is 96.9 Å². The van der Waals surface area contributed by atoms with Gasteiger partial charge in [0, 0.05) is 16.1 Å². The van der Waals surface area contributed by atoms with E-state index in [0.717, 1.165) is 0 Å². The van der Waals surface area contributed by atoms with Crippen molar-refractivity contribution in [3.63, 3.8) is 0 Å². The van der Waals surface area contributed by atoms with Crippen LogP contribution in [-0.4, -0.2) is 19.4 Å². The molecule has 0 N–H and O–H groups in total. The molecular weight excluding hydrogens is 239 g/mol. The Kier molecular flexibility index (Phi) is 4.12. The lowest BCUT2D eigenvalue weighted by molar-refractivity contribution is -0.139. The van der Waals surface area contributed by atoms with Gasteiger partial charge < -0.3 is 4.74 Å². The minimum absolute atomic E-state index is 0.0458. The summed E-state index contributed by atoms with van der Waals surface area (Å²) in [4.78, 5) is 21.7. The molecule has 80 valence electrons. The Bertz CT molecular complexity index is 402. The summed E-state index contributed by atoms with van der Waals surface area (Å²) in [6.07, 6.45) is 0.565. The van der Waals surface area contributed by atoms with E-state index < -0.39 is 5.97 Å². The third kappa shape index (κ3) is 2.70. The van der Waals surface area contributed by atoms with Gasteiger partial charge in [-0.2, -0.15) is 0 Å². The van der Waals surface area contributed by atoms with Gasteiger partial charge in [0.15, 0.2) is 6.29 Å². The number of halogens is 2. The maximum Gasteiger partial charge on any atom is 0.310 e. The van der Waals surface area contributed by atoms with E-state index in [1.165, 1.54) is 19.2 Å². The van der Waals surface area contributed by atoms with Crippen LogP contribution in [0.4, 0.5) is 0 Å². The Hall–Kier alpha value is -1.06. The standard InChI is InChI=1S/C10H8Cl2O3/c1-15-9(14)4-7-8(11)3-2-6(5-13)10(7)12/h2-3,5H,4H2,1H3. The van der Waals surface area contributed by atoms with Crippen molar-refractivity contribution in [3.05, 3.63) is 33.3 Å². The molecule has 0 spiro atoms. The smallest absolute Gasteiger partial charge is 0.310 e. The Morgan fingerprint density at radius 3 is 2.67 bits per heavy atom. The van der Waals surface area contributed by atoms with Gasteiger partial charge in [0.1, 0.15) is 0 Å². The molecule has 0 aliphatic heterocycles. The SMILES string of the molecule is COC(=O)Cc1c(Cl)ccc(C=O)c1Cl. The van der Waals surface area contributed by atoms with Crippen LogP contribution in [0.3, 0.4) is 0 Å². The Balaban J connectivity index is 3.15. The molecule has 0 saturated heterocycles. The van der Waals surface area contributed by atoms with Gasteiger partial charge in [-0.3, -0.25) is 9.59 Å². The van der Waals surface area contributed by atoms with E-state index in [1.807, 2.05) is 0 Å². The van der Waals surface area contributed by atoms with E-state index in [0.29, 0.717) is 22.4 Å². The molecule has 0 amide bonds. The fraction of sp³-hybridized carbons (Fsp3) is 0.200. The normalized spacial score (nSPS) is 9.80. The van der Waals surface area contributed by atoms with E-state index in [9.17, 15) is 9.59 Å². The molecule has 0 atom stereocenters. The fourth-order valence-corrected chi connectivity index (χ4v) is 1.63. The number of carbonyl (C=O) groups is 2. The molecule has 0 fully saturated rings. The minimum atomic E-state index is -0.457. The first kappa shape index (κ1) is 12.0. The number of benzene rings is 1. The van der Waals surface area contributed by atoms with Crippen molar-refractivity contribution in [2.24, 2.45) is 0 Å². The third-order valence-electron chi connectivity index (χ3n) is 1.89. The van der Waals surface area contributed by atoms with E-state index in [-0.39, 0.29) is 11.4 Å². The second kappa shape index (κ2) is 5.14. The largest absolute Gasteiger partial charge is 0.469 e. The highest BCUT2D eigenvalue weighted by Gasteiger charge is 2.14. The molecule has 3 nitrogen and oxygen atoms in total. The predicted molar refractivity (Wildman–Crippen MR) is 57.6 cm³/mol. The molecule has 0 aliphatic carbocycles. The number of methoxy groups -OCH3 is 1. The van der Waals surface area contributed by atoms with Crippen molar-refractivity contribution in [3.8, 4) is 0 Å². The van der Waals surface area contributed by atoms with Gasteiger partial charge in [0.05, 0.1) is 18.6 Å². The van der Waals surface area contributed by atoms with Crippen LogP contribution in [0.5, 0.6) is 0 Å². The lowest BCUT2D eigenvalue weighted by atomic mass is 10.1. The molecule has 0 radical (unpaired) electrons. The number of aldehydes is 1. The number of esters is 1. The van der Waals surface area contributed by atoms with Gasteiger partial charge in [-0.05, 0) is 12.1 Å². The molecule has 15 heavy (non-hydrogen) atoms. The molecule has 0 heterocycles. The van der Waals surface area contributed by atoms with E-state index in [4.69, 9.17) is 23.2 Å². The van der Waals surface area contributed by atoms with Crippen molar-refractivity contribution in [2.45, 2.75) is 6.42 Å². The van der Waals surface area contributed by atoms with Crippen LogP contribution >= 0.6 is 23.2 Å². The lowest BCUT2D eigenvalue weighted by Gasteiger charge is -2.07. The molecular formula is C10H8Cl2O3. The molecule has 1 aromatic carbocycles. The molecule has 0 unspecified atom stereocenters. The van der Waals surface area contributed by atoms with Crippen LogP contribution in [0, 0.1) is 0 Å². The van der Waals surface area contributed by atoms with Crippen molar-refractivity contribution < 1.29 is 14.3 Å². The van der Waals surface area contributed by atoms with Crippen LogP contribution in [-0.2, 0) is 16.0 Å². The Morgan fingerprint density at radius 2 is 2.13 bits per heavy atom. The second-order valence-corrected chi connectivity index (χ2v) is 3.59. The van der Waals surface area contributed by atoms with Crippen LogP contribution in [0.15, 0.2) is 12.1 Å². The average Bonchev–Trinajstić information content (AvgIpc) is 2.24. The monoisotopic (exact) mass is 246 g/mol. The number of hydrogen-bond acceptors (Lipinski definition) is 3. The summed E-state index contributed by atoms with van der Waals surface area (Å²) < 4.78 is 4.49. The molecule has 1 aromatic rings. The number of rotatable bonds is 3. The minimum Gasteiger partial charge on any atom is -0.469 e. The van der Waals surface area contributed by atoms with Crippen molar-refractivity contribution in [1.82, 2.24) is 0 Å². The lowest BCUT2D eigenvalue weighted by Crippen LogP contribution is -2.06. The summed E-state index contributed by atoms with van der Waals surface area (Å²) in [6.45, 7) is 0. The second-order valence-electron chi connectivity index (χ2n) is 2.80. The molecule has 0 bridgehead atoms. The predicted octanol–water partition coefficient (Wildman–Crippen LogP) is 2.52. The molecule has 1 rings (SSSR count). The summed E-state index contributed by atoms with van der Waals surface area (Å²) in [5.74, 6) is -0.457. The van der Waals surface area contributed by atoms with Gasteiger partial charge in [0.25, 0.3) is 0 Å². The Morgan fingerprint density at radius 1 is 1.47 bits per heavy atom. The first-order valence-electron chi connectivity index (χ1n) is 4.09. The molecule has 0 aromatic heterocycles. The summed E-state index contributed by atoms with van der Waals surface area (Å²) in [6, 6.07) is 3.02. The van der Waals surface area contributed by atoms with Crippen molar-refractivity contribution >= 4 is 35.5 Å². The zero-order chi connectivity index (χ0) is 11.4. The van der Waals surface area contributed by atoms with Crippen LogP contribution < -0.4 is 0 Å². The zero-order valence-corrected chi connectivity index (χ0v) is 9.43. The molecule has 0 aliphatic rings. The maximum absolute atomic E-state index is 11.1. The number of hydrogen-bond donors (Lipinski definition) is 0. The summed E-state index contributed by atoms with van der Waals surface area (Å²) in [7, 11) is 1.27. The van der Waals surface area contributed by atoms with Crippen molar-refractivity contribution in [1.29, 1.82) is 0 Å². The average molecular weight is 247 g/mol. The first-order chi connectivity index (χ1) is 7.10. The quantitative estimate of drug-likeness (QED) is 0.608. The van der Waals surface area contributed by atoms with Gasteiger partial charge in [-0.15, -0.1) is 0 Å². The topological polar surface area (TPSA) is 43.4 Å². The van der Waals surface area contributed by atoms with Crippen LogP contribution in [0.25, 0.3) is 0 Å². The van der Waals surface area contributed by atoms with E-state index in [1.54, 1.807) is 0 Å². The maximum atomic E-state index is 11.1. The molecule has 5 heteroatoms. The van der Waals surface area contributed by atoms with Crippen LogP contribution in [0.1, 0.15) is 15.9 Å². The molecule has 0 saturated carbocycles. The number of ether oxygens (including phenoxy) is 1. The van der Waals surface area contributed by atoms with Crippen LogP contribution in [0.2, 0.25) is 10.0 Å². The summed E-state index contributed by atoms with van der Waals surface area (Å²) in [5, 5.41) is 0.541. The summed E-state index contributed by atoms with van der Waals surface area (Å²) in [5.41, 5.74) is 0.717. The van der Waals surface area contributed by atoms with Gasteiger partial charge in [-0.1, -0.05) is 23.2 Å². The first-order valence-corrected chi connectivity index (χ1v) is 4.84. The number of carbonyl (C=O) groups excluding carboxylic acids is 2. The third-order valence-corrected chi connectivity index (χ3v) is 2.69. The van der Waals surface area contributed by atoms with Gasteiger partial charge in [-0.25, -0.2) is 0 Å². The highest BCUT2D eigenvalue weighted by molar-refractivity contribution is 6.37. The van der Waals surface area contributed by atoms with Gasteiger partial charge >= 0.3 is 5.97 Å². The highest BCUT2D eigenvalue weighted by atomic mass is 35.5. The zero-order valence-electron chi connectivity index (χ0n) is 7.92. The fourth-order valence-electron chi connectivity index (χ4n) is 1.09. The highest BCUT2D eigenvalue weighted by Crippen LogP contribution is 2.27.